The molecule has 1 aliphatic heterocycles. The molecule has 0 aliphatic carbocycles. The summed E-state index contributed by atoms with van der Waals surface area (Å²) in [5.74, 6) is -3.17. The largest absolute Gasteiger partial charge is 1.00 e. The standard InChI is InChI=1S/C13H14IN5O4.K.H/c1-13(2)22-10(20)6(11(21)23-13)3-4-19-5-16-9-7(19)8(14)17-12(15)18-9;;/h5-6H,3-4H2,1-2H3,(H2,15,17,18);;/q;+1;-1. The van der Waals surface area contributed by atoms with E-state index in [2.05, 4.69) is 15.0 Å². The summed E-state index contributed by atoms with van der Waals surface area (Å²) in [7, 11) is 0. The molecular weight excluding hydrogens is 456 g/mol. The SMILES string of the molecule is CC1(C)OC(=O)C(CCn2cnc3nc(N)nc(I)c32)C(=O)O1.[H-].[K+]. The van der Waals surface area contributed by atoms with Gasteiger partial charge in [0.2, 0.25) is 5.95 Å². The van der Waals surface area contributed by atoms with Gasteiger partial charge in [0.25, 0.3) is 5.79 Å². The molecule has 0 radical (unpaired) electrons. The van der Waals surface area contributed by atoms with E-state index in [4.69, 9.17) is 15.2 Å². The Balaban J connectivity index is 0.00000156. The Kier molecular flexibility index (Phi) is 6.24. The molecule has 9 nitrogen and oxygen atoms in total. The van der Waals surface area contributed by atoms with Crippen molar-refractivity contribution >= 4 is 51.6 Å². The number of aryl methyl sites for hydroxylation is 1. The fourth-order valence-corrected chi connectivity index (χ4v) is 3.17. The van der Waals surface area contributed by atoms with Gasteiger partial charge in [0.05, 0.1) is 6.33 Å². The zero-order chi connectivity index (χ0) is 16.8. The number of hydrogen-bond donors (Lipinski definition) is 1. The smallest absolute Gasteiger partial charge is 1.00 e. The summed E-state index contributed by atoms with van der Waals surface area (Å²) in [6.07, 6.45) is 1.81. The number of rotatable bonds is 3. The molecule has 0 bridgehead atoms. The third-order valence-corrected chi connectivity index (χ3v) is 4.12. The molecule has 1 fully saturated rings. The second-order valence-corrected chi connectivity index (χ2v) is 6.59. The number of ether oxygens (including phenoxy) is 2. The molecular formula is C13H15IKN5O4. The van der Waals surface area contributed by atoms with Crippen LogP contribution in [0.3, 0.4) is 0 Å². The van der Waals surface area contributed by atoms with Gasteiger partial charge < -0.3 is 21.2 Å². The zero-order valence-electron chi connectivity index (χ0n) is 14.4. The minimum absolute atomic E-state index is 0. The number of carbonyl (C=O) groups is 2. The van der Waals surface area contributed by atoms with Crippen molar-refractivity contribution in [3.63, 3.8) is 0 Å². The predicted molar refractivity (Wildman–Crippen MR) is 87.9 cm³/mol. The monoisotopic (exact) mass is 471 g/mol. The van der Waals surface area contributed by atoms with E-state index in [9.17, 15) is 9.59 Å². The van der Waals surface area contributed by atoms with Gasteiger partial charge in [-0.25, -0.2) is 9.97 Å². The van der Waals surface area contributed by atoms with Crippen LogP contribution < -0.4 is 57.1 Å². The predicted octanol–water partition coefficient (Wildman–Crippen LogP) is -2.03. The number of nitrogen functional groups attached to an aromatic ring is 1. The van der Waals surface area contributed by atoms with Gasteiger partial charge in [-0.2, -0.15) is 4.98 Å². The van der Waals surface area contributed by atoms with Crippen molar-refractivity contribution in [1.29, 1.82) is 0 Å². The van der Waals surface area contributed by atoms with Crippen LogP contribution in [0, 0.1) is 9.62 Å². The number of carbonyl (C=O) groups excluding carboxylic acids is 2. The summed E-state index contributed by atoms with van der Waals surface area (Å²) in [5.41, 5.74) is 6.76. The maximum absolute atomic E-state index is 12.0. The second-order valence-electron chi connectivity index (χ2n) is 5.57. The summed E-state index contributed by atoms with van der Waals surface area (Å²) >= 11 is 2.04. The van der Waals surface area contributed by atoms with Gasteiger partial charge in [0.1, 0.15) is 9.22 Å². The van der Waals surface area contributed by atoms with Crippen molar-refractivity contribution in [2.75, 3.05) is 5.73 Å². The number of hydrogen-bond acceptors (Lipinski definition) is 8. The van der Waals surface area contributed by atoms with Crippen LogP contribution in [-0.4, -0.2) is 37.2 Å². The maximum atomic E-state index is 12.0. The molecule has 124 valence electrons. The third-order valence-electron chi connectivity index (χ3n) is 3.37. The summed E-state index contributed by atoms with van der Waals surface area (Å²) in [5, 5.41) is 0. The number of esters is 2. The molecule has 2 aromatic heterocycles. The first-order valence-corrected chi connectivity index (χ1v) is 7.94. The number of anilines is 1. The molecule has 1 aliphatic rings. The van der Waals surface area contributed by atoms with Gasteiger partial charge in [-0.3, -0.25) is 9.59 Å². The van der Waals surface area contributed by atoms with Gasteiger partial charge in [0, 0.05) is 20.4 Å². The minimum Gasteiger partial charge on any atom is -1.00 e. The molecule has 0 unspecified atom stereocenters. The Labute approximate surface area is 195 Å². The Bertz CT molecular complexity index is 795. The number of halogens is 1. The van der Waals surface area contributed by atoms with Gasteiger partial charge in [-0.15, -0.1) is 0 Å². The van der Waals surface area contributed by atoms with Crippen molar-refractivity contribution in [3.05, 3.63) is 10.0 Å². The fraction of sp³-hybridized carbons (Fsp3) is 0.462. The normalized spacial score (nSPS) is 17.3. The van der Waals surface area contributed by atoms with E-state index < -0.39 is 23.6 Å². The van der Waals surface area contributed by atoms with Crippen LogP contribution >= 0.6 is 22.6 Å². The Morgan fingerprint density at radius 3 is 2.58 bits per heavy atom. The van der Waals surface area contributed by atoms with Gasteiger partial charge in [-0.1, -0.05) is 0 Å². The zero-order valence-corrected chi connectivity index (χ0v) is 18.7. The number of imidazole rings is 1. The van der Waals surface area contributed by atoms with E-state index in [1.807, 2.05) is 22.6 Å². The molecule has 24 heavy (non-hydrogen) atoms. The summed E-state index contributed by atoms with van der Waals surface area (Å²) in [6, 6.07) is 0. The van der Waals surface area contributed by atoms with Crippen LogP contribution in [0.15, 0.2) is 6.33 Å². The summed E-state index contributed by atoms with van der Waals surface area (Å²) in [4.78, 5) is 36.2. The average molecular weight is 471 g/mol. The number of nitrogens with zero attached hydrogens (tertiary/aromatic N) is 4. The van der Waals surface area contributed by atoms with Gasteiger partial charge in [-0.05, 0) is 29.0 Å². The van der Waals surface area contributed by atoms with Crippen LogP contribution in [0.1, 0.15) is 21.7 Å². The molecule has 11 heteroatoms. The maximum Gasteiger partial charge on any atom is 1.00 e. The average Bonchev–Trinajstić information content (AvgIpc) is 2.79. The molecule has 2 aromatic rings. The fourth-order valence-electron chi connectivity index (χ4n) is 2.37. The van der Waals surface area contributed by atoms with E-state index in [1.54, 1.807) is 10.9 Å². The molecule has 0 amide bonds. The van der Waals surface area contributed by atoms with E-state index in [0.29, 0.717) is 21.4 Å². The number of aromatic nitrogens is 4. The van der Waals surface area contributed by atoms with Crippen molar-refractivity contribution in [3.8, 4) is 0 Å². The molecule has 0 aromatic carbocycles. The number of cyclic esters (lactones) is 2. The molecule has 3 heterocycles. The van der Waals surface area contributed by atoms with Crippen LogP contribution in [-0.2, 0) is 25.6 Å². The van der Waals surface area contributed by atoms with Crippen LogP contribution in [0.4, 0.5) is 5.95 Å². The van der Waals surface area contributed by atoms with Crippen LogP contribution in [0.5, 0.6) is 0 Å². The van der Waals surface area contributed by atoms with Crippen molar-refractivity contribution in [2.24, 2.45) is 5.92 Å². The van der Waals surface area contributed by atoms with Crippen LogP contribution in [0.25, 0.3) is 11.2 Å². The van der Waals surface area contributed by atoms with E-state index in [1.165, 1.54) is 13.8 Å². The third kappa shape index (κ3) is 4.07. The number of nitrogens with two attached hydrogens (primary N) is 1. The number of fused-ring (bicyclic) bond motifs is 1. The van der Waals surface area contributed by atoms with Gasteiger partial charge >= 0.3 is 63.3 Å². The molecule has 0 atom stereocenters. The molecule has 2 N–H and O–H groups in total. The first-order chi connectivity index (χ1) is 10.8. The second kappa shape index (κ2) is 7.49. The van der Waals surface area contributed by atoms with Gasteiger partial charge in [0.15, 0.2) is 11.6 Å². The molecule has 1 saturated heterocycles. The summed E-state index contributed by atoms with van der Waals surface area (Å²) < 4.78 is 12.6. The van der Waals surface area contributed by atoms with Crippen molar-refractivity contribution in [1.82, 2.24) is 19.5 Å². The van der Waals surface area contributed by atoms with Crippen LogP contribution in [0.2, 0.25) is 0 Å². The van der Waals surface area contributed by atoms with E-state index in [0.717, 1.165) is 0 Å². The summed E-state index contributed by atoms with van der Waals surface area (Å²) in [6.45, 7) is 3.41. The first kappa shape index (κ1) is 20.0. The molecule has 3 rings (SSSR count). The van der Waals surface area contributed by atoms with E-state index in [-0.39, 0.29) is 65.2 Å². The molecule has 0 spiro atoms. The topological polar surface area (TPSA) is 122 Å². The Morgan fingerprint density at radius 1 is 1.33 bits per heavy atom. The molecule has 0 saturated carbocycles. The Morgan fingerprint density at radius 2 is 1.96 bits per heavy atom. The first-order valence-electron chi connectivity index (χ1n) is 6.86. The van der Waals surface area contributed by atoms with E-state index >= 15 is 0 Å². The Hall–Kier alpha value is -0.344. The minimum atomic E-state index is -1.22. The van der Waals surface area contributed by atoms with Crippen molar-refractivity contribution in [2.45, 2.75) is 32.6 Å². The van der Waals surface area contributed by atoms with Crippen molar-refractivity contribution < 1.29 is 71.9 Å². The quantitative estimate of drug-likeness (QED) is 0.179.